The summed E-state index contributed by atoms with van der Waals surface area (Å²) in [4.78, 5) is 48.9. The van der Waals surface area contributed by atoms with Crippen LogP contribution < -0.4 is 15.4 Å². The highest BCUT2D eigenvalue weighted by Gasteiger charge is 2.30. The molecule has 0 radical (unpaired) electrons. The Morgan fingerprint density at radius 1 is 1.10 bits per heavy atom. The van der Waals surface area contributed by atoms with Crippen LogP contribution in [0.25, 0.3) is 33.6 Å². The van der Waals surface area contributed by atoms with Gasteiger partial charge in [0, 0.05) is 91.3 Å². The molecule has 266 valence electrons. The van der Waals surface area contributed by atoms with Gasteiger partial charge in [0.1, 0.15) is 0 Å². The smallest absolute Gasteiger partial charge is 0.407 e. The monoisotopic (exact) mass is 732 g/mol. The molecule has 0 unspecified atom stereocenters. The summed E-state index contributed by atoms with van der Waals surface area (Å²) >= 11 is 14.1. The molecule has 1 saturated heterocycles. The van der Waals surface area contributed by atoms with Gasteiger partial charge in [-0.25, -0.2) is 9.78 Å². The first-order valence-electron chi connectivity index (χ1n) is 16.6. The number of hydrogen-bond donors (Lipinski definition) is 4. The van der Waals surface area contributed by atoms with Crippen LogP contribution in [0, 0.1) is 0 Å². The van der Waals surface area contributed by atoms with E-state index in [1.165, 1.54) is 4.90 Å². The Bertz CT molecular complexity index is 1970. The van der Waals surface area contributed by atoms with Gasteiger partial charge in [0.05, 0.1) is 34.6 Å². The number of carbonyl (C=O) groups is 3. The number of rotatable bonds is 13. The van der Waals surface area contributed by atoms with Crippen LogP contribution in [0.2, 0.25) is 10.0 Å². The van der Waals surface area contributed by atoms with E-state index in [9.17, 15) is 24.6 Å². The number of amides is 3. The number of nitrogens with zero attached hydrogens (tertiary/aromatic N) is 4. The van der Waals surface area contributed by atoms with Gasteiger partial charge >= 0.3 is 6.09 Å². The molecule has 12 nitrogen and oxygen atoms in total. The predicted molar refractivity (Wildman–Crippen MR) is 194 cm³/mol. The van der Waals surface area contributed by atoms with Gasteiger partial charge in [0.2, 0.25) is 11.8 Å². The molecule has 2 aromatic heterocycles. The number of ether oxygens (including phenoxy) is 1. The quantitative estimate of drug-likeness (QED) is 0.140. The van der Waals surface area contributed by atoms with E-state index >= 15 is 0 Å². The topological polar surface area (TPSA) is 157 Å². The average Bonchev–Trinajstić information content (AvgIpc) is 3.67. The lowest BCUT2D eigenvalue weighted by Gasteiger charge is -2.25. The SMILES string of the molecule is COc1nc(-c2cccc(-c3ccnc(-c4ccc5c(c4)CN(CCN(C[C@@H]4CCC(=O)N4)C(=O)O)C5=O)c3Cl)c2Cl)ccc1CNC[C@H](C)O. The van der Waals surface area contributed by atoms with Crippen LogP contribution in [0.15, 0.2) is 60.8 Å². The molecule has 4 aromatic rings. The van der Waals surface area contributed by atoms with E-state index in [1.807, 2.05) is 36.4 Å². The lowest BCUT2D eigenvalue weighted by molar-refractivity contribution is -0.119. The number of hydrogen-bond acceptors (Lipinski definition) is 8. The van der Waals surface area contributed by atoms with Crippen LogP contribution >= 0.6 is 23.2 Å². The van der Waals surface area contributed by atoms with Crippen molar-refractivity contribution in [2.24, 2.45) is 0 Å². The summed E-state index contributed by atoms with van der Waals surface area (Å²) in [6.45, 7) is 3.45. The number of pyridine rings is 2. The Balaban J connectivity index is 1.20. The summed E-state index contributed by atoms with van der Waals surface area (Å²) in [5, 5.41) is 26.1. The molecule has 0 spiro atoms. The Morgan fingerprint density at radius 3 is 2.61 bits per heavy atom. The fourth-order valence-corrected chi connectivity index (χ4v) is 7.08. The molecule has 6 rings (SSSR count). The van der Waals surface area contributed by atoms with Crippen molar-refractivity contribution in [1.82, 2.24) is 30.4 Å². The van der Waals surface area contributed by atoms with Crippen molar-refractivity contribution in [3.05, 3.63) is 87.5 Å². The molecular weight excluding hydrogens is 695 g/mol. The van der Waals surface area contributed by atoms with E-state index in [2.05, 4.69) is 15.6 Å². The molecule has 2 aliphatic rings. The van der Waals surface area contributed by atoms with Crippen LogP contribution in [0.1, 0.15) is 41.3 Å². The number of aliphatic hydroxyl groups is 1. The fourth-order valence-electron chi connectivity index (χ4n) is 6.43. The number of fused-ring (bicyclic) bond motifs is 1. The summed E-state index contributed by atoms with van der Waals surface area (Å²) in [6.07, 6.45) is 1.06. The number of benzene rings is 2. The van der Waals surface area contributed by atoms with Crippen LogP contribution in [0.5, 0.6) is 5.88 Å². The number of aromatic nitrogens is 2. The fraction of sp³-hybridized carbons (Fsp3) is 0.324. The van der Waals surface area contributed by atoms with Crippen LogP contribution in [0.4, 0.5) is 4.79 Å². The Morgan fingerprint density at radius 2 is 1.88 bits per heavy atom. The lowest BCUT2D eigenvalue weighted by atomic mass is 9.98. The summed E-state index contributed by atoms with van der Waals surface area (Å²) in [5.74, 6) is 0.187. The maximum absolute atomic E-state index is 13.3. The normalized spacial score (nSPS) is 15.9. The van der Waals surface area contributed by atoms with Crippen molar-refractivity contribution >= 4 is 41.1 Å². The highest BCUT2D eigenvalue weighted by atomic mass is 35.5. The van der Waals surface area contributed by atoms with Crippen molar-refractivity contribution in [2.45, 2.75) is 45.0 Å². The summed E-state index contributed by atoms with van der Waals surface area (Å²) in [5.41, 5.74) is 6.08. The Labute approximate surface area is 305 Å². The lowest BCUT2D eigenvalue weighted by Crippen LogP contribution is -2.44. The molecule has 4 N–H and O–H groups in total. The number of carboxylic acid groups (broad SMARTS) is 1. The Kier molecular flexibility index (Phi) is 11.1. The zero-order valence-electron chi connectivity index (χ0n) is 28.2. The molecule has 2 atom stereocenters. The van der Waals surface area contributed by atoms with Gasteiger partial charge in [-0.2, -0.15) is 0 Å². The minimum atomic E-state index is -1.10. The first kappa shape index (κ1) is 36.1. The van der Waals surface area contributed by atoms with Gasteiger partial charge in [0.25, 0.3) is 5.91 Å². The predicted octanol–water partition coefficient (Wildman–Crippen LogP) is 5.48. The minimum absolute atomic E-state index is 0.0815. The molecule has 0 bridgehead atoms. The Hall–Kier alpha value is -4.75. The summed E-state index contributed by atoms with van der Waals surface area (Å²) in [6, 6.07) is 16.4. The largest absolute Gasteiger partial charge is 0.481 e. The molecule has 3 amide bonds. The van der Waals surface area contributed by atoms with E-state index in [0.717, 1.165) is 16.7 Å². The van der Waals surface area contributed by atoms with Gasteiger partial charge < -0.3 is 35.4 Å². The molecule has 2 aromatic carbocycles. The third kappa shape index (κ3) is 7.94. The standard InChI is InChI=1S/C37H38Cl2N6O6/c1-21(46)17-40-18-23-7-10-30(43-35(23)51-2)29-5-3-4-27(32(29)38)28-12-13-41-34(33(28)39)22-6-9-26-24(16-22)19-44(36(26)48)14-15-45(37(49)50)20-25-8-11-31(47)42-25/h3-7,9-10,12-13,16,21,25,40,46H,8,11,14-15,17-20H2,1-2H3,(H,42,47)(H,49,50)/t21-,25-/m0/s1. The summed E-state index contributed by atoms with van der Waals surface area (Å²) in [7, 11) is 1.56. The zero-order valence-corrected chi connectivity index (χ0v) is 29.7. The van der Waals surface area contributed by atoms with E-state index in [-0.39, 0.29) is 37.5 Å². The van der Waals surface area contributed by atoms with Gasteiger partial charge in [-0.3, -0.25) is 14.6 Å². The van der Waals surface area contributed by atoms with Gasteiger partial charge in [-0.05, 0) is 43.2 Å². The molecule has 2 aliphatic heterocycles. The van der Waals surface area contributed by atoms with E-state index < -0.39 is 12.2 Å². The molecule has 51 heavy (non-hydrogen) atoms. The van der Waals surface area contributed by atoms with Gasteiger partial charge in [-0.1, -0.05) is 53.5 Å². The second-order valence-corrected chi connectivity index (χ2v) is 13.4. The van der Waals surface area contributed by atoms with E-state index in [1.54, 1.807) is 43.3 Å². The molecule has 0 saturated carbocycles. The maximum Gasteiger partial charge on any atom is 0.407 e. The highest BCUT2D eigenvalue weighted by molar-refractivity contribution is 6.39. The van der Waals surface area contributed by atoms with Crippen molar-refractivity contribution < 1.29 is 29.3 Å². The maximum atomic E-state index is 13.3. The average molecular weight is 734 g/mol. The molecule has 4 heterocycles. The van der Waals surface area contributed by atoms with Crippen LogP contribution in [-0.4, -0.2) is 93.3 Å². The third-order valence-electron chi connectivity index (χ3n) is 9.04. The first-order chi connectivity index (χ1) is 24.5. The van der Waals surface area contributed by atoms with Gasteiger partial charge in [0.15, 0.2) is 0 Å². The number of halogens is 2. The molecule has 0 aliphatic carbocycles. The van der Waals surface area contributed by atoms with E-state index in [0.29, 0.717) is 82.0 Å². The second-order valence-electron chi connectivity index (χ2n) is 12.7. The minimum Gasteiger partial charge on any atom is -0.481 e. The molecular formula is C37H38Cl2N6O6. The van der Waals surface area contributed by atoms with Crippen molar-refractivity contribution in [3.8, 4) is 39.5 Å². The van der Waals surface area contributed by atoms with Gasteiger partial charge in [-0.15, -0.1) is 0 Å². The second kappa shape index (κ2) is 15.6. The number of methoxy groups -OCH3 is 1. The number of nitrogens with one attached hydrogen (secondary N) is 2. The van der Waals surface area contributed by atoms with Crippen LogP contribution in [0.3, 0.4) is 0 Å². The van der Waals surface area contributed by atoms with E-state index in [4.69, 9.17) is 32.9 Å². The van der Waals surface area contributed by atoms with Crippen molar-refractivity contribution in [1.29, 1.82) is 0 Å². The number of aliphatic hydroxyl groups excluding tert-OH is 1. The van der Waals surface area contributed by atoms with Crippen molar-refractivity contribution in [3.63, 3.8) is 0 Å². The molecule has 14 heteroatoms. The third-order valence-corrected chi connectivity index (χ3v) is 9.83. The highest BCUT2D eigenvalue weighted by Crippen LogP contribution is 2.42. The summed E-state index contributed by atoms with van der Waals surface area (Å²) < 4.78 is 5.56. The first-order valence-corrected chi connectivity index (χ1v) is 17.4. The molecule has 1 fully saturated rings. The van der Waals surface area contributed by atoms with Crippen LogP contribution in [-0.2, 0) is 17.9 Å². The number of carbonyl (C=O) groups excluding carboxylic acids is 2. The van der Waals surface area contributed by atoms with Crippen molar-refractivity contribution in [2.75, 3.05) is 33.3 Å². The zero-order chi connectivity index (χ0) is 36.2.